The number of nitrogens with zero attached hydrogens (tertiary/aromatic N) is 2. The average molecular weight is 267 g/mol. The number of halogens is 3. The third kappa shape index (κ3) is 3.04. The molecule has 2 aromatic rings. The fourth-order valence-corrected chi connectivity index (χ4v) is 1.48. The average Bonchev–Trinajstić information content (AvgIpc) is 2.88. The summed E-state index contributed by atoms with van der Waals surface area (Å²) in [5.41, 5.74) is -0.615. The molecule has 0 spiro atoms. The number of benzene rings is 1. The van der Waals surface area contributed by atoms with E-state index < -0.39 is 11.7 Å². The number of aromatic nitrogens is 1. The van der Waals surface area contributed by atoms with Crippen LogP contribution in [0.2, 0.25) is 0 Å². The summed E-state index contributed by atoms with van der Waals surface area (Å²) in [5.74, 6) is 0.517. The number of hydrogen-bond donors (Lipinski definition) is 1. The van der Waals surface area contributed by atoms with Gasteiger partial charge >= 0.3 is 6.18 Å². The molecule has 2 rings (SSSR count). The zero-order valence-corrected chi connectivity index (χ0v) is 9.53. The lowest BCUT2D eigenvalue weighted by Gasteiger charge is -2.10. The second kappa shape index (κ2) is 5.02. The molecule has 98 valence electrons. The number of nitrogens with one attached hydrogen (secondary N) is 1. The molecule has 0 saturated carbocycles. The van der Waals surface area contributed by atoms with E-state index in [1.54, 1.807) is 12.1 Å². The third-order valence-electron chi connectivity index (χ3n) is 2.41. The smallest absolute Gasteiger partial charge is 0.377 e. The summed E-state index contributed by atoms with van der Waals surface area (Å²) in [7, 11) is 0. The fourth-order valence-electron chi connectivity index (χ4n) is 1.48. The molecule has 0 unspecified atom stereocenters. The predicted octanol–water partition coefficient (Wildman–Crippen LogP) is 3.18. The van der Waals surface area contributed by atoms with Crippen molar-refractivity contribution in [1.82, 2.24) is 5.16 Å². The first kappa shape index (κ1) is 13.0. The van der Waals surface area contributed by atoms with Gasteiger partial charge in [-0.25, -0.2) is 0 Å². The van der Waals surface area contributed by atoms with Gasteiger partial charge in [0.25, 0.3) is 0 Å². The summed E-state index contributed by atoms with van der Waals surface area (Å²) in [6.07, 6.45) is -3.01. The molecule has 0 amide bonds. The largest absolute Gasteiger partial charge is 0.416 e. The molecule has 1 aromatic carbocycles. The Balaban J connectivity index is 2.20. The van der Waals surface area contributed by atoms with E-state index in [4.69, 9.17) is 9.78 Å². The van der Waals surface area contributed by atoms with E-state index in [2.05, 4.69) is 10.5 Å². The Hall–Kier alpha value is -2.49. The molecule has 0 radical (unpaired) electrons. The molecule has 1 aromatic heterocycles. The molecule has 1 N–H and O–H groups in total. The van der Waals surface area contributed by atoms with E-state index >= 15 is 0 Å². The highest BCUT2D eigenvalue weighted by Gasteiger charge is 2.31. The molecular weight excluding hydrogens is 259 g/mol. The molecule has 19 heavy (non-hydrogen) atoms. The van der Waals surface area contributed by atoms with E-state index in [-0.39, 0.29) is 12.1 Å². The van der Waals surface area contributed by atoms with Crippen molar-refractivity contribution in [3.63, 3.8) is 0 Å². The van der Waals surface area contributed by atoms with Gasteiger partial charge < -0.3 is 9.84 Å². The van der Waals surface area contributed by atoms with Crippen LogP contribution in [0.15, 0.2) is 35.0 Å². The molecule has 0 atom stereocenters. The summed E-state index contributed by atoms with van der Waals surface area (Å²) in [5, 5.41) is 15.2. The minimum absolute atomic E-state index is 0.0747. The van der Waals surface area contributed by atoms with Gasteiger partial charge in [-0.05, 0) is 18.2 Å². The van der Waals surface area contributed by atoms with Gasteiger partial charge in [0.05, 0.1) is 29.6 Å². The minimum atomic E-state index is -4.46. The van der Waals surface area contributed by atoms with Crippen molar-refractivity contribution >= 4 is 5.69 Å². The standard InChI is InChI=1S/C12H8F3N3O/c13-12(14,15)9-1-2-11(8(5-9)6-16)17-7-10-3-4-18-19-10/h1-5,17H,7H2. The molecule has 0 bridgehead atoms. The third-order valence-corrected chi connectivity index (χ3v) is 2.41. The van der Waals surface area contributed by atoms with Gasteiger partial charge in [0.2, 0.25) is 0 Å². The maximum absolute atomic E-state index is 12.5. The number of alkyl halides is 3. The molecule has 0 aliphatic carbocycles. The van der Waals surface area contributed by atoms with E-state index in [0.717, 1.165) is 12.1 Å². The Morgan fingerprint density at radius 1 is 1.32 bits per heavy atom. The molecular formula is C12H8F3N3O. The van der Waals surface area contributed by atoms with Crippen LogP contribution in [0.5, 0.6) is 0 Å². The Bertz CT molecular complexity index is 600. The zero-order valence-electron chi connectivity index (χ0n) is 9.53. The molecule has 4 nitrogen and oxygen atoms in total. The Labute approximate surface area is 106 Å². The first-order valence-corrected chi connectivity index (χ1v) is 5.25. The summed E-state index contributed by atoms with van der Waals surface area (Å²) >= 11 is 0. The van der Waals surface area contributed by atoms with Crippen molar-refractivity contribution < 1.29 is 17.7 Å². The SMILES string of the molecule is N#Cc1cc(C(F)(F)F)ccc1NCc1ccno1. The highest BCUT2D eigenvalue weighted by Crippen LogP contribution is 2.31. The number of hydrogen-bond acceptors (Lipinski definition) is 4. The minimum Gasteiger partial charge on any atom is -0.377 e. The van der Waals surface area contributed by atoms with E-state index in [1.807, 2.05) is 0 Å². The zero-order chi connectivity index (χ0) is 13.9. The van der Waals surface area contributed by atoms with Crippen LogP contribution >= 0.6 is 0 Å². The highest BCUT2D eigenvalue weighted by atomic mass is 19.4. The van der Waals surface area contributed by atoms with Gasteiger partial charge in [-0.15, -0.1) is 0 Å². The lowest BCUT2D eigenvalue weighted by Crippen LogP contribution is -2.07. The predicted molar refractivity (Wildman–Crippen MR) is 60.0 cm³/mol. The molecule has 0 aliphatic heterocycles. The van der Waals surface area contributed by atoms with Gasteiger partial charge in [0, 0.05) is 6.07 Å². The van der Waals surface area contributed by atoms with Gasteiger partial charge in [0.1, 0.15) is 6.07 Å². The van der Waals surface area contributed by atoms with Crippen LogP contribution < -0.4 is 5.32 Å². The summed E-state index contributed by atoms with van der Waals surface area (Å²) in [6.45, 7) is 0.236. The van der Waals surface area contributed by atoms with Crippen LogP contribution in [0, 0.1) is 11.3 Å². The molecule has 1 heterocycles. The van der Waals surface area contributed by atoms with Gasteiger partial charge in [-0.3, -0.25) is 0 Å². The Morgan fingerprint density at radius 2 is 2.11 bits per heavy atom. The second-order valence-corrected chi connectivity index (χ2v) is 3.70. The maximum Gasteiger partial charge on any atom is 0.416 e. The monoisotopic (exact) mass is 267 g/mol. The van der Waals surface area contributed by atoms with Crippen molar-refractivity contribution in [2.45, 2.75) is 12.7 Å². The molecule has 7 heteroatoms. The normalized spacial score (nSPS) is 11.1. The van der Waals surface area contributed by atoms with Crippen molar-refractivity contribution in [1.29, 1.82) is 5.26 Å². The number of anilines is 1. The lowest BCUT2D eigenvalue weighted by atomic mass is 10.1. The lowest BCUT2D eigenvalue weighted by molar-refractivity contribution is -0.137. The highest BCUT2D eigenvalue weighted by molar-refractivity contribution is 5.59. The quantitative estimate of drug-likeness (QED) is 0.927. The molecule has 0 saturated heterocycles. The van der Waals surface area contributed by atoms with E-state index in [0.29, 0.717) is 11.4 Å². The number of nitriles is 1. The van der Waals surface area contributed by atoms with Crippen molar-refractivity contribution in [2.75, 3.05) is 5.32 Å². The van der Waals surface area contributed by atoms with Crippen LogP contribution in [0.25, 0.3) is 0 Å². The topological polar surface area (TPSA) is 61.9 Å². The van der Waals surface area contributed by atoms with E-state index in [9.17, 15) is 13.2 Å². The first-order valence-electron chi connectivity index (χ1n) is 5.25. The van der Waals surface area contributed by atoms with Crippen LogP contribution in [0.1, 0.15) is 16.9 Å². The summed E-state index contributed by atoms with van der Waals surface area (Å²) in [4.78, 5) is 0. The van der Waals surface area contributed by atoms with Crippen LogP contribution in [0.4, 0.5) is 18.9 Å². The van der Waals surface area contributed by atoms with Crippen molar-refractivity contribution in [3.8, 4) is 6.07 Å². The molecule has 0 aliphatic rings. The Kier molecular flexibility index (Phi) is 3.42. The Morgan fingerprint density at radius 3 is 2.68 bits per heavy atom. The van der Waals surface area contributed by atoms with Crippen molar-refractivity contribution in [3.05, 3.63) is 47.3 Å². The van der Waals surface area contributed by atoms with Crippen LogP contribution in [-0.2, 0) is 12.7 Å². The number of rotatable bonds is 3. The van der Waals surface area contributed by atoms with Gasteiger partial charge in [-0.1, -0.05) is 5.16 Å². The first-order chi connectivity index (χ1) is 9.00. The van der Waals surface area contributed by atoms with Gasteiger partial charge in [-0.2, -0.15) is 18.4 Å². The fraction of sp³-hybridized carbons (Fsp3) is 0.167. The maximum atomic E-state index is 12.5. The summed E-state index contributed by atoms with van der Waals surface area (Å²) in [6, 6.07) is 6.29. The second-order valence-electron chi connectivity index (χ2n) is 3.70. The van der Waals surface area contributed by atoms with E-state index in [1.165, 1.54) is 12.3 Å². The summed E-state index contributed by atoms with van der Waals surface area (Å²) < 4.78 is 42.3. The van der Waals surface area contributed by atoms with Crippen LogP contribution in [-0.4, -0.2) is 5.16 Å². The van der Waals surface area contributed by atoms with Crippen LogP contribution in [0.3, 0.4) is 0 Å². The van der Waals surface area contributed by atoms with Gasteiger partial charge in [0.15, 0.2) is 5.76 Å². The molecule has 0 fully saturated rings. The van der Waals surface area contributed by atoms with Crippen molar-refractivity contribution in [2.24, 2.45) is 0 Å².